The molecule has 10 nitrogen and oxygen atoms in total. The summed E-state index contributed by atoms with van der Waals surface area (Å²) in [5.74, 6) is -0.0513. The molecule has 0 heterocycles. The topological polar surface area (TPSA) is 165 Å². The first-order valence-corrected chi connectivity index (χ1v) is 19.9. The number of amides is 3. The monoisotopic (exact) mass is 708 g/mol. The minimum Gasteiger partial charge on any atom is -0.356 e. The number of Topliss-reactive ketones (excluding diaryl/α,β-unsaturated/α-hetero) is 2. The van der Waals surface area contributed by atoms with E-state index in [0.29, 0.717) is 83.0 Å². The van der Waals surface area contributed by atoms with E-state index in [1.54, 1.807) is 0 Å². The van der Waals surface area contributed by atoms with E-state index in [4.69, 9.17) is 11.5 Å². The molecule has 0 radical (unpaired) electrons. The molecule has 0 spiro atoms. The van der Waals surface area contributed by atoms with Gasteiger partial charge in [-0.2, -0.15) is 0 Å². The maximum atomic E-state index is 13.3. The molecule has 0 aromatic carbocycles. The SMILES string of the molecule is CCCCCCCC(=O)N(CCCNC(=O)[C@H](CC(=O)[C@H](N)CC(C)C)CC(C)C)CCCNC(=O)[C@H](CC(=O)[C@H](N)CC(C)C)CC(C)C. The standard InChI is InChI=1S/C40H77N5O5/c1-10-11-12-13-14-17-38(48)45(20-15-18-43-39(49)32(22-28(2)3)26-36(46)34(41)24-30(6)7)21-16-19-44-40(50)33(23-29(4)5)27-37(47)35(42)25-31(8)9/h28-35H,10-27,41-42H2,1-9H3,(H,43,49)(H,44,50)/t32-,33-,34+,35+/m0/s1. The van der Waals surface area contributed by atoms with E-state index < -0.39 is 23.9 Å². The fraction of sp³-hybridized carbons (Fsp3) is 0.875. The van der Waals surface area contributed by atoms with Crippen LogP contribution in [0, 0.1) is 35.5 Å². The summed E-state index contributed by atoms with van der Waals surface area (Å²) in [5.41, 5.74) is 12.2. The Morgan fingerprint density at radius 3 is 1.28 bits per heavy atom. The number of unbranched alkanes of at least 4 members (excludes halogenated alkanes) is 4. The molecule has 10 heteroatoms. The Hall–Kier alpha value is -2.33. The third kappa shape index (κ3) is 23.2. The van der Waals surface area contributed by atoms with Crippen LogP contribution in [0.4, 0.5) is 0 Å². The highest BCUT2D eigenvalue weighted by molar-refractivity contribution is 5.90. The number of nitrogens with zero attached hydrogens (tertiary/aromatic N) is 1. The van der Waals surface area contributed by atoms with Crippen LogP contribution < -0.4 is 22.1 Å². The molecule has 0 aliphatic rings. The van der Waals surface area contributed by atoms with E-state index in [9.17, 15) is 24.0 Å². The lowest BCUT2D eigenvalue weighted by molar-refractivity contribution is -0.132. The molecule has 3 amide bonds. The summed E-state index contributed by atoms with van der Waals surface area (Å²) in [4.78, 5) is 67.0. The second-order valence-corrected chi connectivity index (χ2v) is 16.3. The maximum Gasteiger partial charge on any atom is 0.223 e. The largest absolute Gasteiger partial charge is 0.356 e. The van der Waals surface area contributed by atoms with Crippen molar-refractivity contribution in [2.24, 2.45) is 47.0 Å². The smallest absolute Gasteiger partial charge is 0.223 e. The van der Waals surface area contributed by atoms with Crippen molar-refractivity contribution in [3.05, 3.63) is 0 Å². The summed E-state index contributed by atoms with van der Waals surface area (Å²) >= 11 is 0. The van der Waals surface area contributed by atoms with Crippen LogP contribution in [-0.4, -0.2) is 72.5 Å². The lowest BCUT2D eigenvalue weighted by Gasteiger charge is -2.24. The fourth-order valence-corrected chi connectivity index (χ4v) is 6.42. The van der Waals surface area contributed by atoms with Crippen LogP contribution in [0.1, 0.15) is 152 Å². The lowest BCUT2D eigenvalue weighted by atomic mass is 9.88. The minimum atomic E-state index is -0.555. The van der Waals surface area contributed by atoms with Gasteiger partial charge in [-0.25, -0.2) is 0 Å². The fourth-order valence-electron chi connectivity index (χ4n) is 6.42. The molecule has 0 aromatic rings. The average Bonchev–Trinajstić information content (AvgIpc) is 3.01. The first kappa shape index (κ1) is 47.7. The summed E-state index contributed by atoms with van der Waals surface area (Å²) < 4.78 is 0. The van der Waals surface area contributed by atoms with Crippen molar-refractivity contribution in [1.82, 2.24) is 15.5 Å². The summed E-state index contributed by atoms with van der Waals surface area (Å²) in [6.45, 7) is 20.2. The van der Waals surface area contributed by atoms with Gasteiger partial charge in [-0.3, -0.25) is 24.0 Å². The van der Waals surface area contributed by atoms with Crippen molar-refractivity contribution in [1.29, 1.82) is 0 Å². The molecule has 292 valence electrons. The minimum absolute atomic E-state index is 0.0703. The first-order valence-electron chi connectivity index (χ1n) is 19.9. The molecule has 0 unspecified atom stereocenters. The van der Waals surface area contributed by atoms with Crippen LogP contribution in [0.15, 0.2) is 0 Å². The van der Waals surface area contributed by atoms with Gasteiger partial charge in [0, 0.05) is 57.3 Å². The van der Waals surface area contributed by atoms with E-state index in [1.807, 2.05) is 60.3 Å². The second-order valence-electron chi connectivity index (χ2n) is 16.3. The highest BCUT2D eigenvalue weighted by Gasteiger charge is 2.27. The zero-order valence-electron chi connectivity index (χ0n) is 33.5. The van der Waals surface area contributed by atoms with Crippen molar-refractivity contribution in [3.63, 3.8) is 0 Å². The lowest BCUT2D eigenvalue weighted by Crippen LogP contribution is -2.40. The zero-order valence-corrected chi connectivity index (χ0v) is 33.5. The van der Waals surface area contributed by atoms with Crippen molar-refractivity contribution in [2.45, 2.75) is 164 Å². The zero-order chi connectivity index (χ0) is 38.2. The van der Waals surface area contributed by atoms with E-state index in [2.05, 4.69) is 17.6 Å². The first-order chi connectivity index (χ1) is 23.5. The molecule has 0 saturated heterocycles. The molecule has 50 heavy (non-hydrogen) atoms. The highest BCUT2D eigenvalue weighted by atomic mass is 16.2. The Morgan fingerprint density at radius 2 is 0.920 bits per heavy atom. The van der Waals surface area contributed by atoms with Crippen LogP contribution in [0.5, 0.6) is 0 Å². The number of hydrogen-bond acceptors (Lipinski definition) is 7. The van der Waals surface area contributed by atoms with Gasteiger partial charge < -0.3 is 27.0 Å². The third-order valence-corrected chi connectivity index (χ3v) is 9.08. The Kier molecular flexibility index (Phi) is 26.1. The van der Waals surface area contributed by atoms with Crippen LogP contribution >= 0.6 is 0 Å². The molecule has 0 rings (SSSR count). The number of nitrogens with two attached hydrogens (primary N) is 2. The third-order valence-electron chi connectivity index (χ3n) is 9.08. The quantitative estimate of drug-likeness (QED) is 0.0648. The van der Waals surface area contributed by atoms with E-state index in [-0.39, 0.29) is 54.0 Å². The summed E-state index contributed by atoms with van der Waals surface area (Å²) in [6.07, 6.45) is 9.65. The van der Waals surface area contributed by atoms with Gasteiger partial charge in [0.1, 0.15) is 11.6 Å². The van der Waals surface area contributed by atoms with Crippen molar-refractivity contribution in [2.75, 3.05) is 26.2 Å². The van der Waals surface area contributed by atoms with E-state index in [0.717, 1.165) is 32.1 Å². The van der Waals surface area contributed by atoms with Crippen LogP contribution in [0.2, 0.25) is 0 Å². The molecule has 0 fully saturated rings. The van der Waals surface area contributed by atoms with Gasteiger partial charge in [-0.15, -0.1) is 0 Å². The molecule has 4 atom stereocenters. The van der Waals surface area contributed by atoms with Crippen molar-refractivity contribution < 1.29 is 24.0 Å². The molecule has 0 aliphatic carbocycles. The Balaban J connectivity index is 5.24. The molecule has 0 aliphatic heterocycles. The second kappa shape index (κ2) is 27.3. The average molecular weight is 708 g/mol. The maximum absolute atomic E-state index is 13.3. The van der Waals surface area contributed by atoms with E-state index in [1.165, 1.54) is 0 Å². The molecule has 0 bridgehead atoms. The van der Waals surface area contributed by atoms with E-state index >= 15 is 0 Å². The Morgan fingerprint density at radius 1 is 0.540 bits per heavy atom. The number of hydrogen-bond donors (Lipinski definition) is 4. The molecular weight excluding hydrogens is 630 g/mol. The number of ketones is 2. The summed E-state index contributed by atoms with van der Waals surface area (Å²) in [6, 6.07) is -1.11. The summed E-state index contributed by atoms with van der Waals surface area (Å²) in [5, 5.41) is 6.03. The van der Waals surface area contributed by atoms with Gasteiger partial charge in [-0.05, 0) is 68.6 Å². The molecule has 0 aromatic heterocycles. The van der Waals surface area contributed by atoms with Gasteiger partial charge >= 0.3 is 0 Å². The van der Waals surface area contributed by atoms with Crippen molar-refractivity contribution >= 4 is 29.3 Å². The van der Waals surface area contributed by atoms with Gasteiger partial charge in [0.2, 0.25) is 17.7 Å². The van der Waals surface area contributed by atoms with Gasteiger partial charge in [0.05, 0.1) is 12.1 Å². The van der Waals surface area contributed by atoms with Gasteiger partial charge in [0.15, 0.2) is 0 Å². The highest BCUT2D eigenvalue weighted by Crippen LogP contribution is 2.20. The normalized spacial score (nSPS) is 14.1. The van der Waals surface area contributed by atoms with Crippen molar-refractivity contribution in [3.8, 4) is 0 Å². The number of carbonyl (C=O) groups is 5. The Bertz CT molecular complexity index is 919. The van der Waals surface area contributed by atoms with Crippen LogP contribution in [0.25, 0.3) is 0 Å². The molecule has 0 saturated carbocycles. The number of carbonyl (C=O) groups excluding carboxylic acids is 5. The summed E-state index contributed by atoms with van der Waals surface area (Å²) in [7, 11) is 0. The molecule has 6 N–H and O–H groups in total. The number of rotatable bonds is 30. The Labute approximate surface area is 305 Å². The predicted octanol–water partition coefficient (Wildman–Crippen LogP) is 6.18. The predicted molar refractivity (Wildman–Crippen MR) is 205 cm³/mol. The molecular formula is C40H77N5O5. The van der Waals surface area contributed by atoms with Crippen LogP contribution in [-0.2, 0) is 24.0 Å². The van der Waals surface area contributed by atoms with Gasteiger partial charge in [-0.1, -0.05) is 88.0 Å². The van der Waals surface area contributed by atoms with Gasteiger partial charge in [0.25, 0.3) is 0 Å². The number of nitrogens with one attached hydrogen (secondary N) is 2. The van der Waals surface area contributed by atoms with Crippen LogP contribution in [0.3, 0.4) is 0 Å².